The van der Waals surface area contributed by atoms with E-state index in [4.69, 9.17) is 4.74 Å². The van der Waals surface area contributed by atoms with Gasteiger partial charge in [0, 0.05) is 12.4 Å². The molecule has 2 heterocycles. The fourth-order valence-corrected chi connectivity index (χ4v) is 2.23. The van der Waals surface area contributed by atoms with Crippen LogP contribution in [-0.4, -0.2) is 55.6 Å². The SMILES string of the molecule is O[C@@H]1[C@H](O)[C@H](O)CO[C@H]1Sc1ncc[nH]1. The van der Waals surface area contributed by atoms with E-state index < -0.39 is 23.7 Å². The molecule has 1 aliphatic rings. The molecule has 4 N–H and O–H groups in total. The molecule has 1 saturated heterocycles. The summed E-state index contributed by atoms with van der Waals surface area (Å²) in [7, 11) is 0. The Bertz CT molecular complexity index is 308. The number of hydrogen-bond donors (Lipinski definition) is 4. The molecule has 84 valence electrons. The van der Waals surface area contributed by atoms with Crippen LogP contribution in [0.25, 0.3) is 0 Å². The van der Waals surface area contributed by atoms with E-state index >= 15 is 0 Å². The average Bonchev–Trinajstić information content (AvgIpc) is 2.72. The highest BCUT2D eigenvalue weighted by atomic mass is 32.2. The van der Waals surface area contributed by atoms with Crippen molar-refractivity contribution in [2.75, 3.05) is 6.61 Å². The summed E-state index contributed by atoms with van der Waals surface area (Å²) in [5, 5.41) is 28.9. The highest BCUT2D eigenvalue weighted by Gasteiger charge is 2.38. The van der Waals surface area contributed by atoms with Gasteiger partial charge in [-0.25, -0.2) is 4.98 Å². The Kier molecular flexibility index (Phi) is 3.27. The van der Waals surface area contributed by atoms with Crippen molar-refractivity contribution in [2.45, 2.75) is 28.9 Å². The van der Waals surface area contributed by atoms with Crippen LogP contribution >= 0.6 is 11.8 Å². The zero-order valence-electron chi connectivity index (χ0n) is 7.78. The number of rotatable bonds is 2. The van der Waals surface area contributed by atoms with Gasteiger partial charge in [-0.2, -0.15) is 0 Å². The molecule has 0 aliphatic carbocycles. The van der Waals surface area contributed by atoms with Crippen LogP contribution in [0.4, 0.5) is 0 Å². The van der Waals surface area contributed by atoms with Gasteiger partial charge in [0.2, 0.25) is 0 Å². The summed E-state index contributed by atoms with van der Waals surface area (Å²) in [4.78, 5) is 6.81. The van der Waals surface area contributed by atoms with Crippen molar-refractivity contribution in [3.05, 3.63) is 12.4 Å². The summed E-state index contributed by atoms with van der Waals surface area (Å²) in [6.07, 6.45) is -0.0884. The molecule has 0 aromatic carbocycles. The number of H-pyrrole nitrogens is 1. The number of thioether (sulfide) groups is 1. The second-order valence-corrected chi connectivity index (χ2v) is 4.35. The van der Waals surface area contributed by atoms with Crippen molar-refractivity contribution in [2.24, 2.45) is 0 Å². The van der Waals surface area contributed by atoms with Crippen LogP contribution in [-0.2, 0) is 4.74 Å². The Morgan fingerprint density at radius 2 is 2.20 bits per heavy atom. The number of aromatic nitrogens is 2. The highest BCUT2D eigenvalue weighted by Crippen LogP contribution is 2.28. The number of aromatic amines is 1. The van der Waals surface area contributed by atoms with E-state index in [1.54, 1.807) is 12.4 Å². The van der Waals surface area contributed by atoms with E-state index in [-0.39, 0.29) is 6.61 Å². The molecular weight excluding hydrogens is 220 g/mol. The maximum absolute atomic E-state index is 9.61. The minimum absolute atomic E-state index is 0.0105. The molecule has 6 nitrogen and oxygen atoms in total. The Morgan fingerprint density at radius 3 is 2.87 bits per heavy atom. The standard InChI is InChI=1S/C8H12N2O4S/c11-4-3-14-7(6(13)5(4)12)15-8-9-1-2-10-8/h1-2,4-7,11-13H,3H2,(H,9,10)/t4-,5-,6-,7+/m1/s1. The number of ether oxygens (including phenoxy) is 1. The Morgan fingerprint density at radius 1 is 1.40 bits per heavy atom. The second kappa shape index (κ2) is 4.50. The van der Waals surface area contributed by atoms with Crippen molar-refractivity contribution in [3.8, 4) is 0 Å². The zero-order valence-corrected chi connectivity index (χ0v) is 8.59. The normalized spacial score (nSPS) is 36.7. The van der Waals surface area contributed by atoms with E-state index in [1.807, 2.05) is 0 Å². The maximum Gasteiger partial charge on any atom is 0.167 e. The lowest BCUT2D eigenvalue weighted by Gasteiger charge is -2.34. The minimum Gasteiger partial charge on any atom is -0.388 e. The molecule has 1 aromatic heterocycles. The van der Waals surface area contributed by atoms with Gasteiger partial charge in [0.25, 0.3) is 0 Å². The summed E-state index contributed by atoms with van der Waals surface area (Å²) in [6.45, 7) is 0.0105. The quantitative estimate of drug-likeness (QED) is 0.519. The van der Waals surface area contributed by atoms with Crippen molar-refractivity contribution in [1.29, 1.82) is 0 Å². The Hall–Kier alpha value is -0.600. The first-order valence-corrected chi connectivity index (χ1v) is 5.38. The van der Waals surface area contributed by atoms with Gasteiger partial charge in [-0.3, -0.25) is 0 Å². The third kappa shape index (κ3) is 2.32. The predicted octanol–water partition coefficient (Wildman–Crippen LogP) is -1.06. The molecule has 0 amide bonds. The van der Waals surface area contributed by atoms with E-state index in [0.29, 0.717) is 5.16 Å². The molecular formula is C8H12N2O4S. The largest absolute Gasteiger partial charge is 0.388 e. The van der Waals surface area contributed by atoms with Crippen LogP contribution < -0.4 is 0 Å². The minimum atomic E-state index is -1.17. The van der Waals surface area contributed by atoms with Gasteiger partial charge >= 0.3 is 0 Å². The lowest BCUT2D eigenvalue weighted by atomic mass is 10.1. The van der Waals surface area contributed by atoms with Crippen LogP contribution in [0.3, 0.4) is 0 Å². The molecule has 1 fully saturated rings. The smallest absolute Gasteiger partial charge is 0.167 e. The molecule has 0 radical (unpaired) electrons. The van der Waals surface area contributed by atoms with Crippen molar-refractivity contribution < 1.29 is 20.1 Å². The van der Waals surface area contributed by atoms with Crippen LogP contribution in [0, 0.1) is 0 Å². The lowest BCUT2D eigenvalue weighted by Crippen LogP contribution is -2.51. The van der Waals surface area contributed by atoms with Crippen LogP contribution in [0.2, 0.25) is 0 Å². The summed E-state index contributed by atoms with van der Waals surface area (Å²) in [5.74, 6) is 0. The number of hydrogen-bond acceptors (Lipinski definition) is 6. The van der Waals surface area contributed by atoms with Gasteiger partial charge in [-0.1, -0.05) is 11.8 Å². The third-order valence-corrected chi connectivity index (χ3v) is 3.25. The fraction of sp³-hybridized carbons (Fsp3) is 0.625. The van der Waals surface area contributed by atoms with Crippen molar-refractivity contribution >= 4 is 11.8 Å². The molecule has 0 unspecified atom stereocenters. The van der Waals surface area contributed by atoms with Gasteiger partial charge < -0.3 is 25.0 Å². The molecule has 2 rings (SSSR count). The van der Waals surface area contributed by atoms with E-state index in [0.717, 1.165) is 0 Å². The number of imidazole rings is 1. The topological polar surface area (TPSA) is 98.6 Å². The van der Waals surface area contributed by atoms with Crippen molar-refractivity contribution in [1.82, 2.24) is 9.97 Å². The maximum atomic E-state index is 9.61. The van der Waals surface area contributed by atoms with Gasteiger partial charge in [0.1, 0.15) is 23.7 Å². The first-order valence-electron chi connectivity index (χ1n) is 4.50. The third-order valence-electron chi connectivity index (χ3n) is 2.16. The number of aliphatic hydroxyl groups is 3. The van der Waals surface area contributed by atoms with Crippen LogP contribution in [0.15, 0.2) is 17.6 Å². The monoisotopic (exact) mass is 232 g/mol. The first-order chi connectivity index (χ1) is 7.18. The van der Waals surface area contributed by atoms with Crippen molar-refractivity contribution in [3.63, 3.8) is 0 Å². The van der Waals surface area contributed by atoms with E-state index in [2.05, 4.69) is 9.97 Å². The second-order valence-electron chi connectivity index (χ2n) is 3.26. The molecule has 15 heavy (non-hydrogen) atoms. The Balaban J connectivity index is 1.98. The predicted molar refractivity (Wildman–Crippen MR) is 52.2 cm³/mol. The first kappa shape index (κ1) is 10.9. The average molecular weight is 232 g/mol. The summed E-state index contributed by atoms with van der Waals surface area (Å²) in [6, 6.07) is 0. The molecule has 1 aliphatic heterocycles. The number of nitrogens with one attached hydrogen (secondary N) is 1. The van der Waals surface area contributed by atoms with Gasteiger partial charge in [0.05, 0.1) is 6.61 Å². The van der Waals surface area contributed by atoms with Gasteiger partial charge in [-0.05, 0) is 0 Å². The number of aliphatic hydroxyl groups excluding tert-OH is 3. The molecule has 7 heteroatoms. The molecule has 4 atom stereocenters. The van der Waals surface area contributed by atoms with E-state index in [9.17, 15) is 15.3 Å². The summed E-state index contributed by atoms with van der Waals surface area (Å²) >= 11 is 1.18. The molecule has 1 aromatic rings. The Labute approximate surface area is 90.3 Å². The summed E-state index contributed by atoms with van der Waals surface area (Å²) < 4.78 is 5.19. The van der Waals surface area contributed by atoms with Gasteiger partial charge in [-0.15, -0.1) is 0 Å². The molecule has 0 bridgehead atoms. The molecule has 0 saturated carbocycles. The molecule has 0 spiro atoms. The van der Waals surface area contributed by atoms with Gasteiger partial charge in [0.15, 0.2) is 5.16 Å². The van der Waals surface area contributed by atoms with Crippen LogP contribution in [0.1, 0.15) is 0 Å². The number of nitrogens with zero attached hydrogens (tertiary/aromatic N) is 1. The summed E-state index contributed by atoms with van der Waals surface area (Å²) in [5.41, 5.74) is -0.616. The van der Waals surface area contributed by atoms with Crippen LogP contribution in [0.5, 0.6) is 0 Å². The van der Waals surface area contributed by atoms with E-state index in [1.165, 1.54) is 11.8 Å². The zero-order chi connectivity index (χ0) is 10.8. The lowest BCUT2D eigenvalue weighted by molar-refractivity contribution is -0.161. The highest BCUT2D eigenvalue weighted by molar-refractivity contribution is 7.99. The fourth-order valence-electron chi connectivity index (χ4n) is 1.31.